The summed E-state index contributed by atoms with van der Waals surface area (Å²) in [6, 6.07) is 9.17. The number of carbonyl (C=O) groups is 1. The molecule has 0 unspecified atom stereocenters. The van der Waals surface area contributed by atoms with Gasteiger partial charge in [0.1, 0.15) is 12.4 Å². The van der Waals surface area contributed by atoms with Gasteiger partial charge in [0.05, 0.1) is 24.8 Å². The average molecular weight is 508 g/mol. The molecular formula is C25H34FN3O5S. The first-order chi connectivity index (χ1) is 16.7. The van der Waals surface area contributed by atoms with Gasteiger partial charge >= 0.3 is 0 Å². The SMILES string of the molecule is COc1ccc(S(=O)(=O)N(CC(=O)NCCCN2CCC(C)CC2)c2ccc(F)cc2)cc1OC. The first kappa shape index (κ1) is 26.7. The number of amides is 1. The molecule has 1 amide bonds. The summed E-state index contributed by atoms with van der Waals surface area (Å²) in [5.74, 6) is 0.431. The van der Waals surface area contributed by atoms with Gasteiger partial charge in [-0.1, -0.05) is 6.92 Å². The van der Waals surface area contributed by atoms with Crippen molar-refractivity contribution in [1.29, 1.82) is 0 Å². The van der Waals surface area contributed by atoms with Crippen molar-refractivity contribution in [2.75, 3.05) is 51.2 Å². The molecule has 3 rings (SSSR count). The van der Waals surface area contributed by atoms with Crippen LogP contribution in [0.5, 0.6) is 11.5 Å². The van der Waals surface area contributed by atoms with Gasteiger partial charge in [-0.15, -0.1) is 0 Å². The zero-order valence-corrected chi connectivity index (χ0v) is 21.3. The summed E-state index contributed by atoms with van der Waals surface area (Å²) in [7, 11) is -1.31. The predicted octanol–water partition coefficient (Wildman–Crippen LogP) is 3.28. The third kappa shape index (κ3) is 7.08. The highest BCUT2D eigenvalue weighted by Gasteiger charge is 2.28. The van der Waals surface area contributed by atoms with E-state index in [0.717, 1.165) is 48.4 Å². The maximum absolute atomic E-state index is 13.5. The highest BCUT2D eigenvalue weighted by atomic mass is 32.2. The lowest BCUT2D eigenvalue weighted by Gasteiger charge is -2.30. The van der Waals surface area contributed by atoms with Gasteiger partial charge in [-0.05, 0) is 81.2 Å². The molecule has 0 aromatic heterocycles. The number of hydrogen-bond acceptors (Lipinski definition) is 6. The Morgan fingerprint density at radius 2 is 1.74 bits per heavy atom. The van der Waals surface area contributed by atoms with Crippen molar-refractivity contribution in [2.24, 2.45) is 5.92 Å². The van der Waals surface area contributed by atoms with Crippen LogP contribution in [-0.4, -0.2) is 66.2 Å². The van der Waals surface area contributed by atoms with Gasteiger partial charge in [-0.25, -0.2) is 12.8 Å². The van der Waals surface area contributed by atoms with Gasteiger partial charge in [0, 0.05) is 12.6 Å². The summed E-state index contributed by atoms with van der Waals surface area (Å²) in [6.45, 7) is 5.29. The van der Waals surface area contributed by atoms with Gasteiger partial charge < -0.3 is 19.7 Å². The normalized spacial score (nSPS) is 15.0. The summed E-state index contributed by atoms with van der Waals surface area (Å²) in [4.78, 5) is 15.0. The first-order valence-electron chi connectivity index (χ1n) is 11.7. The second-order valence-electron chi connectivity index (χ2n) is 8.73. The van der Waals surface area contributed by atoms with Crippen molar-refractivity contribution in [1.82, 2.24) is 10.2 Å². The highest BCUT2D eigenvalue weighted by Crippen LogP contribution is 2.32. The number of carbonyl (C=O) groups excluding carboxylic acids is 1. The number of likely N-dealkylation sites (tertiary alicyclic amines) is 1. The highest BCUT2D eigenvalue weighted by molar-refractivity contribution is 7.92. The van der Waals surface area contributed by atoms with Crippen LogP contribution in [0.25, 0.3) is 0 Å². The van der Waals surface area contributed by atoms with Gasteiger partial charge in [-0.2, -0.15) is 0 Å². The molecule has 192 valence electrons. The Bertz CT molecular complexity index is 1090. The van der Waals surface area contributed by atoms with Gasteiger partial charge in [-0.3, -0.25) is 9.10 Å². The van der Waals surface area contributed by atoms with Crippen molar-refractivity contribution < 1.29 is 27.1 Å². The Labute approximate surface area is 207 Å². The molecule has 0 radical (unpaired) electrons. The lowest BCUT2D eigenvalue weighted by atomic mass is 9.99. The maximum Gasteiger partial charge on any atom is 0.264 e. The van der Waals surface area contributed by atoms with E-state index in [2.05, 4.69) is 17.1 Å². The van der Waals surface area contributed by atoms with Gasteiger partial charge in [0.15, 0.2) is 11.5 Å². The number of halogens is 1. The molecule has 0 spiro atoms. The summed E-state index contributed by atoms with van der Waals surface area (Å²) in [5.41, 5.74) is 0.179. The van der Waals surface area contributed by atoms with Crippen LogP contribution >= 0.6 is 0 Å². The van der Waals surface area contributed by atoms with E-state index >= 15 is 0 Å². The quantitative estimate of drug-likeness (QED) is 0.470. The lowest BCUT2D eigenvalue weighted by molar-refractivity contribution is -0.119. The second kappa shape index (κ2) is 12.2. The molecule has 35 heavy (non-hydrogen) atoms. The predicted molar refractivity (Wildman–Crippen MR) is 133 cm³/mol. The molecule has 1 aliphatic heterocycles. The molecule has 1 heterocycles. The van der Waals surface area contributed by atoms with Crippen LogP contribution in [0.15, 0.2) is 47.4 Å². The molecule has 0 atom stereocenters. The van der Waals surface area contributed by atoms with Crippen molar-refractivity contribution in [2.45, 2.75) is 31.1 Å². The number of anilines is 1. The molecule has 1 aliphatic rings. The van der Waals surface area contributed by atoms with Crippen LogP contribution < -0.4 is 19.1 Å². The number of sulfonamides is 1. The molecule has 10 heteroatoms. The number of methoxy groups -OCH3 is 2. The third-order valence-electron chi connectivity index (χ3n) is 6.19. The van der Waals surface area contributed by atoms with E-state index in [4.69, 9.17) is 9.47 Å². The number of hydrogen-bond donors (Lipinski definition) is 1. The number of piperidine rings is 1. The molecule has 1 saturated heterocycles. The maximum atomic E-state index is 13.5. The van der Waals surface area contributed by atoms with Crippen molar-refractivity contribution in [3.05, 3.63) is 48.3 Å². The second-order valence-corrected chi connectivity index (χ2v) is 10.6. The van der Waals surface area contributed by atoms with Crippen molar-refractivity contribution in [3.63, 3.8) is 0 Å². The fourth-order valence-corrected chi connectivity index (χ4v) is 5.47. The molecule has 1 fully saturated rings. The third-order valence-corrected chi connectivity index (χ3v) is 7.96. The van der Waals surface area contributed by atoms with E-state index in [0.29, 0.717) is 12.3 Å². The molecule has 0 aliphatic carbocycles. The minimum absolute atomic E-state index is 0.0772. The first-order valence-corrected chi connectivity index (χ1v) is 13.2. The van der Waals surface area contributed by atoms with Crippen LogP contribution in [0.4, 0.5) is 10.1 Å². The zero-order valence-electron chi connectivity index (χ0n) is 20.5. The number of nitrogens with one attached hydrogen (secondary N) is 1. The summed E-state index contributed by atoms with van der Waals surface area (Å²) in [5, 5.41) is 2.82. The topological polar surface area (TPSA) is 88.2 Å². The number of benzene rings is 2. The van der Waals surface area contributed by atoms with Crippen LogP contribution in [-0.2, 0) is 14.8 Å². The van der Waals surface area contributed by atoms with E-state index in [9.17, 15) is 17.6 Å². The Morgan fingerprint density at radius 1 is 1.09 bits per heavy atom. The van der Waals surface area contributed by atoms with Crippen LogP contribution in [0.3, 0.4) is 0 Å². The Morgan fingerprint density at radius 3 is 2.37 bits per heavy atom. The van der Waals surface area contributed by atoms with Gasteiger partial charge in [0.25, 0.3) is 10.0 Å². The summed E-state index contributed by atoms with van der Waals surface area (Å²) in [6.07, 6.45) is 3.15. The monoisotopic (exact) mass is 507 g/mol. The molecule has 0 bridgehead atoms. The van der Waals surface area contributed by atoms with Crippen LogP contribution in [0.1, 0.15) is 26.2 Å². The van der Waals surface area contributed by atoms with Crippen LogP contribution in [0, 0.1) is 11.7 Å². The van der Waals surface area contributed by atoms with Crippen molar-refractivity contribution >= 4 is 21.6 Å². The largest absolute Gasteiger partial charge is 0.493 e. The average Bonchev–Trinajstić information content (AvgIpc) is 2.86. The Kier molecular flexibility index (Phi) is 9.33. The number of nitrogens with zero attached hydrogens (tertiary/aromatic N) is 2. The Hall–Kier alpha value is -2.85. The number of rotatable bonds is 11. The molecule has 0 saturated carbocycles. The van der Waals surface area contributed by atoms with Crippen LogP contribution in [0.2, 0.25) is 0 Å². The van der Waals surface area contributed by atoms with E-state index in [1.807, 2.05) is 0 Å². The minimum atomic E-state index is -4.17. The van der Waals surface area contributed by atoms with E-state index in [1.54, 1.807) is 0 Å². The lowest BCUT2D eigenvalue weighted by Crippen LogP contribution is -2.42. The minimum Gasteiger partial charge on any atom is -0.493 e. The summed E-state index contributed by atoms with van der Waals surface area (Å²) < 4.78 is 52.0. The fraction of sp³-hybridized carbons (Fsp3) is 0.480. The van der Waals surface area contributed by atoms with Crippen molar-refractivity contribution in [3.8, 4) is 11.5 Å². The Balaban J connectivity index is 1.71. The smallest absolute Gasteiger partial charge is 0.264 e. The fourth-order valence-electron chi connectivity index (χ4n) is 4.03. The van der Waals surface area contributed by atoms with E-state index in [-0.39, 0.29) is 16.3 Å². The molecule has 8 nitrogen and oxygen atoms in total. The molecule has 2 aromatic rings. The molecule has 2 aromatic carbocycles. The van der Waals surface area contributed by atoms with Gasteiger partial charge in [0.2, 0.25) is 5.91 Å². The molecule has 1 N–H and O–H groups in total. The summed E-state index contributed by atoms with van der Waals surface area (Å²) >= 11 is 0. The standard InChI is InChI=1S/C25H34FN3O5S/c1-19-11-15-28(16-12-19)14-4-13-27-25(30)18-29(21-7-5-20(26)6-8-21)35(31,32)22-9-10-23(33-2)24(17-22)34-3/h5-10,17,19H,4,11-16,18H2,1-3H3,(H,27,30). The zero-order chi connectivity index (χ0) is 25.4. The molecular weight excluding hydrogens is 473 g/mol. The van der Waals surface area contributed by atoms with E-state index < -0.39 is 28.3 Å². The number of ether oxygens (including phenoxy) is 2. The van der Waals surface area contributed by atoms with E-state index in [1.165, 1.54) is 57.4 Å².